The van der Waals surface area contributed by atoms with Gasteiger partial charge in [0.1, 0.15) is 18.5 Å². The van der Waals surface area contributed by atoms with Gasteiger partial charge in [0.25, 0.3) is 0 Å². The second-order valence-electron chi connectivity index (χ2n) is 7.78. The second-order valence-corrected chi connectivity index (χ2v) is 7.78. The Morgan fingerprint density at radius 3 is 2.17 bits per heavy atom. The average molecular weight is 414 g/mol. The van der Waals surface area contributed by atoms with Crippen molar-refractivity contribution in [3.05, 3.63) is 65.2 Å². The minimum Gasteiger partial charge on any atom is -0.459 e. The van der Waals surface area contributed by atoms with Crippen molar-refractivity contribution in [1.29, 1.82) is 0 Å². The van der Waals surface area contributed by atoms with Crippen molar-refractivity contribution < 1.29 is 29.3 Å². The number of esters is 2. The van der Waals surface area contributed by atoms with Gasteiger partial charge in [-0.05, 0) is 61.1 Å². The second kappa shape index (κ2) is 11.5. The van der Waals surface area contributed by atoms with Gasteiger partial charge in [-0.25, -0.2) is 4.79 Å². The topological polar surface area (TPSA) is 93.1 Å². The lowest BCUT2D eigenvalue weighted by Gasteiger charge is -2.13. The summed E-state index contributed by atoms with van der Waals surface area (Å²) in [4.78, 5) is 24.4. The summed E-state index contributed by atoms with van der Waals surface area (Å²) in [6.07, 6.45) is 1.03. The fourth-order valence-corrected chi connectivity index (χ4v) is 2.74. The molecular weight excluding hydrogens is 384 g/mol. The molecule has 2 rings (SSSR count). The van der Waals surface area contributed by atoms with E-state index in [0.717, 1.165) is 18.4 Å². The normalized spacial score (nSPS) is 13.0. The molecule has 0 aromatic heterocycles. The Hall–Kier alpha value is -2.70. The third kappa shape index (κ3) is 7.28. The summed E-state index contributed by atoms with van der Waals surface area (Å²) in [5.41, 5.74) is 2.39. The van der Waals surface area contributed by atoms with E-state index in [1.807, 2.05) is 12.1 Å². The molecule has 0 bridgehead atoms. The van der Waals surface area contributed by atoms with Crippen molar-refractivity contribution in [3.8, 4) is 5.75 Å². The highest BCUT2D eigenvalue weighted by Crippen LogP contribution is 2.21. The van der Waals surface area contributed by atoms with Crippen molar-refractivity contribution in [2.45, 2.75) is 45.6 Å². The van der Waals surface area contributed by atoms with Gasteiger partial charge in [0.05, 0.1) is 18.1 Å². The summed E-state index contributed by atoms with van der Waals surface area (Å²) < 4.78 is 10.3. The monoisotopic (exact) mass is 414 g/mol. The van der Waals surface area contributed by atoms with Crippen molar-refractivity contribution in [1.82, 2.24) is 0 Å². The molecule has 0 aliphatic carbocycles. The number of aliphatic hydroxyl groups is 2. The van der Waals surface area contributed by atoms with Crippen LogP contribution in [-0.4, -0.2) is 41.5 Å². The van der Waals surface area contributed by atoms with E-state index in [9.17, 15) is 14.7 Å². The van der Waals surface area contributed by atoms with Gasteiger partial charge in [0, 0.05) is 0 Å². The van der Waals surface area contributed by atoms with Crippen molar-refractivity contribution in [2.75, 3.05) is 13.2 Å². The molecule has 0 saturated carbocycles. The molecule has 6 nitrogen and oxygen atoms in total. The Bertz CT molecular complexity index is 811. The predicted octanol–water partition coefficient (Wildman–Crippen LogP) is 3.49. The Balaban J connectivity index is 1.91. The molecule has 6 heteroatoms. The number of hydrogen-bond acceptors (Lipinski definition) is 6. The van der Waals surface area contributed by atoms with Crippen molar-refractivity contribution in [3.63, 3.8) is 0 Å². The largest absolute Gasteiger partial charge is 0.459 e. The first-order valence-electron chi connectivity index (χ1n) is 10.2. The Morgan fingerprint density at radius 1 is 0.967 bits per heavy atom. The van der Waals surface area contributed by atoms with E-state index in [4.69, 9.17) is 14.6 Å². The predicted molar refractivity (Wildman–Crippen MR) is 113 cm³/mol. The Kier molecular flexibility index (Phi) is 9.02. The van der Waals surface area contributed by atoms with Crippen LogP contribution in [0.3, 0.4) is 0 Å². The number of ether oxygens (including phenoxy) is 2. The minimum absolute atomic E-state index is 0.255. The van der Waals surface area contributed by atoms with Crippen LogP contribution >= 0.6 is 0 Å². The van der Waals surface area contributed by atoms with Crippen LogP contribution in [-0.2, 0) is 16.0 Å². The maximum Gasteiger partial charge on any atom is 0.338 e. The lowest BCUT2D eigenvalue weighted by molar-refractivity contribution is -0.135. The first-order valence-corrected chi connectivity index (χ1v) is 10.2. The van der Waals surface area contributed by atoms with Crippen LogP contribution in [0.2, 0.25) is 0 Å². The molecule has 0 spiro atoms. The van der Waals surface area contributed by atoms with Crippen LogP contribution in [0.15, 0.2) is 48.5 Å². The molecule has 2 aromatic carbocycles. The third-order valence-corrected chi connectivity index (χ3v) is 4.77. The quantitative estimate of drug-likeness (QED) is 0.457. The van der Waals surface area contributed by atoms with Crippen molar-refractivity contribution >= 4 is 11.9 Å². The molecular formula is C24H30O6. The van der Waals surface area contributed by atoms with E-state index in [1.54, 1.807) is 6.92 Å². The van der Waals surface area contributed by atoms with Gasteiger partial charge < -0.3 is 19.7 Å². The number of aryl methyl sites for hydroxylation is 1. The highest BCUT2D eigenvalue weighted by Gasteiger charge is 2.18. The van der Waals surface area contributed by atoms with E-state index in [2.05, 4.69) is 26.0 Å². The van der Waals surface area contributed by atoms with Gasteiger partial charge >= 0.3 is 11.9 Å². The molecule has 2 N–H and O–H groups in total. The molecule has 0 amide bonds. The van der Waals surface area contributed by atoms with Gasteiger partial charge in [-0.15, -0.1) is 0 Å². The summed E-state index contributed by atoms with van der Waals surface area (Å²) in [7, 11) is 0. The highest BCUT2D eigenvalue weighted by atomic mass is 16.5. The minimum atomic E-state index is -1.11. The molecule has 0 saturated heterocycles. The molecule has 162 valence electrons. The van der Waals surface area contributed by atoms with Gasteiger partial charge in [-0.1, -0.05) is 38.1 Å². The molecule has 0 aliphatic rings. The number of carbonyl (C=O) groups excluding carboxylic acids is 2. The highest BCUT2D eigenvalue weighted by molar-refractivity contribution is 5.89. The zero-order valence-electron chi connectivity index (χ0n) is 17.7. The average Bonchev–Trinajstić information content (AvgIpc) is 2.76. The molecule has 0 aliphatic heterocycles. The van der Waals surface area contributed by atoms with E-state index in [1.165, 1.54) is 29.8 Å². The lowest BCUT2D eigenvalue weighted by Crippen LogP contribution is -2.22. The van der Waals surface area contributed by atoms with Gasteiger partial charge in [-0.2, -0.15) is 0 Å². The van der Waals surface area contributed by atoms with E-state index < -0.39 is 24.6 Å². The molecule has 2 aromatic rings. The maximum atomic E-state index is 12.5. The molecule has 30 heavy (non-hydrogen) atoms. The number of hydrogen-bond donors (Lipinski definition) is 2. The third-order valence-electron chi connectivity index (χ3n) is 4.77. The van der Waals surface area contributed by atoms with Crippen LogP contribution in [0.25, 0.3) is 0 Å². The zero-order chi connectivity index (χ0) is 22.1. The number of aliphatic hydroxyl groups excluding tert-OH is 2. The molecule has 2 unspecified atom stereocenters. The zero-order valence-corrected chi connectivity index (χ0v) is 17.7. The molecule has 0 fully saturated rings. The van der Waals surface area contributed by atoms with E-state index >= 15 is 0 Å². The van der Waals surface area contributed by atoms with E-state index in [-0.39, 0.29) is 18.1 Å². The maximum absolute atomic E-state index is 12.5. The summed E-state index contributed by atoms with van der Waals surface area (Å²) >= 11 is 0. The summed E-state index contributed by atoms with van der Waals surface area (Å²) in [5.74, 6) is -0.460. The van der Waals surface area contributed by atoms with Gasteiger partial charge in [0.15, 0.2) is 0 Å². The fraction of sp³-hybridized carbons (Fsp3) is 0.417. The van der Waals surface area contributed by atoms with Crippen LogP contribution in [0, 0.1) is 5.92 Å². The van der Waals surface area contributed by atoms with Crippen LogP contribution in [0.4, 0.5) is 0 Å². The smallest absolute Gasteiger partial charge is 0.338 e. The van der Waals surface area contributed by atoms with Crippen molar-refractivity contribution in [2.24, 2.45) is 5.92 Å². The summed E-state index contributed by atoms with van der Waals surface area (Å²) in [6.45, 7) is 5.41. The summed E-state index contributed by atoms with van der Waals surface area (Å²) in [6, 6.07) is 14.0. The summed E-state index contributed by atoms with van der Waals surface area (Å²) in [5, 5.41) is 18.0. The molecule has 2 atom stereocenters. The number of carbonyl (C=O) groups is 2. The van der Waals surface area contributed by atoms with Gasteiger partial charge in [-0.3, -0.25) is 4.79 Å². The van der Waals surface area contributed by atoms with Crippen LogP contribution in [0.5, 0.6) is 5.75 Å². The van der Waals surface area contributed by atoms with Gasteiger partial charge in [0.2, 0.25) is 0 Å². The first kappa shape index (κ1) is 23.6. The molecule has 0 heterocycles. The number of benzene rings is 2. The standard InChI is InChI=1S/C24H30O6/c1-16(2)4-5-18-6-8-19(9-7-18)17(3)23(27)30-22-12-10-20(11-13-22)24(28)29-15-21(26)14-25/h6-13,16-17,21,25-26H,4-5,14-15H2,1-3H3. The number of rotatable bonds is 10. The molecule has 0 radical (unpaired) electrons. The Labute approximate surface area is 177 Å². The van der Waals surface area contributed by atoms with E-state index in [0.29, 0.717) is 11.7 Å². The SMILES string of the molecule is CC(C)CCc1ccc(C(C)C(=O)Oc2ccc(C(=O)OCC(O)CO)cc2)cc1. The van der Waals surface area contributed by atoms with Crippen LogP contribution in [0.1, 0.15) is 54.6 Å². The van der Waals surface area contributed by atoms with Crippen LogP contribution < -0.4 is 4.74 Å². The first-order chi connectivity index (χ1) is 14.3. The Morgan fingerprint density at radius 2 is 1.60 bits per heavy atom. The fourth-order valence-electron chi connectivity index (χ4n) is 2.74. The lowest BCUT2D eigenvalue weighted by atomic mass is 9.97.